The lowest BCUT2D eigenvalue weighted by molar-refractivity contribution is 0.108. The second-order valence-electron chi connectivity index (χ2n) is 3.81. The first-order valence-electron chi connectivity index (χ1n) is 4.99. The third kappa shape index (κ3) is 2.25. The van der Waals surface area contributed by atoms with Crippen LogP contribution < -0.4 is 5.32 Å². The van der Waals surface area contributed by atoms with Crippen molar-refractivity contribution in [1.82, 2.24) is 4.98 Å². The van der Waals surface area contributed by atoms with Crippen LogP contribution in [0, 0.1) is 6.92 Å². The van der Waals surface area contributed by atoms with E-state index in [1.165, 1.54) is 12.8 Å². The molecule has 0 radical (unpaired) electrons. The van der Waals surface area contributed by atoms with E-state index in [2.05, 4.69) is 15.7 Å². The number of aromatic nitrogens is 1. The van der Waals surface area contributed by atoms with Gasteiger partial charge in [0.25, 0.3) is 0 Å². The maximum atomic E-state index is 5.33. The molecule has 2 unspecified atom stereocenters. The van der Waals surface area contributed by atoms with Crippen molar-refractivity contribution in [2.24, 2.45) is 0 Å². The predicted octanol–water partition coefficient (Wildman–Crippen LogP) is 2.43. The Morgan fingerprint density at radius 1 is 1.57 bits per heavy atom. The van der Waals surface area contributed by atoms with Crippen molar-refractivity contribution >= 4 is 16.5 Å². The molecule has 2 atom stereocenters. The quantitative estimate of drug-likeness (QED) is 0.835. The molecule has 0 aromatic carbocycles. The summed E-state index contributed by atoms with van der Waals surface area (Å²) < 4.78 is 5.33. The summed E-state index contributed by atoms with van der Waals surface area (Å²) in [5.41, 5.74) is 1.10. The van der Waals surface area contributed by atoms with Crippen LogP contribution in [0.3, 0.4) is 0 Å². The molecule has 78 valence electrons. The average Bonchev–Trinajstić information content (AvgIpc) is 2.76. The highest BCUT2D eigenvalue weighted by atomic mass is 32.1. The average molecular weight is 212 g/mol. The summed E-state index contributed by atoms with van der Waals surface area (Å²) in [5, 5.41) is 6.57. The molecule has 14 heavy (non-hydrogen) atoms. The molecule has 1 fully saturated rings. The molecule has 4 heteroatoms. The summed E-state index contributed by atoms with van der Waals surface area (Å²) in [4.78, 5) is 4.39. The molecular weight excluding hydrogens is 196 g/mol. The molecule has 0 saturated heterocycles. The van der Waals surface area contributed by atoms with Crippen molar-refractivity contribution in [2.45, 2.75) is 38.3 Å². The summed E-state index contributed by atoms with van der Waals surface area (Å²) in [5.74, 6) is 0. The van der Waals surface area contributed by atoms with Gasteiger partial charge < -0.3 is 10.1 Å². The number of hydrogen-bond acceptors (Lipinski definition) is 4. The maximum absolute atomic E-state index is 5.33. The molecule has 3 nitrogen and oxygen atoms in total. The van der Waals surface area contributed by atoms with E-state index in [9.17, 15) is 0 Å². The second kappa shape index (κ2) is 4.28. The lowest BCUT2D eigenvalue weighted by Crippen LogP contribution is -2.17. The number of anilines is 1. The number of thiazole rings is 1. The fraction of sp³-hybridized carbons (Fsp3) is 0.700. The zero-order valence-corrected chi connectivity index (χ0v) is 9.43. The minimum atomic E-state index is 0.438. The number of nitrogens with one attached hydrogen (secondary N) is 1. The Morgan fingerprint density at radius 2 is 2.43 bits per heavy atom. The largest absolute Gasteiger partial charge is 0.381 e. The van der Waals surface area contributed by atoms with Gasteiger partial charge in [-0.25, -0.2) is 4.98 Å². The summed E-state index contributed by atoms with van der Waals surface area (Å²) in [6.45, 7) is 2.02. The molecule has 1 aromatic rings. The summed E-state index contributed by atoms with van der Waals surface area (Å²) >= 11 is 1.68. The van der Waals surface area contributed by atoms with Gasteiger partial charge in [-0.3, -0.25) is 0 Å². The van der Waals surface area contributed by atoms with Gasteiger partial charge in [-0.2, -0.15) is 0 Å². The van der Waals surface area contributed by atoms with Crippen molar-refractivity contribution in [3.05, 3.63) is 11.1 Å². The molecule has 0 spiro atoms. The monoisotopic (exact) mass is 212 g/mol. The van der Waals surface area contributed by atoms with Gasteiger partial charge in [-0.05, 0) is 26.2 Å². The van der Waals surface area contributed by atoms with Crippen LogP contribution in [0.4, 0.5) is 5.13 Å². The molecule has 1 aromatic heterocycles. The van der Waals surface area contributed by atoms with Crippen molar-refractivity contribution < 1.29 is 4.74 Å². The first kappa shape index (κ1) is 9.93. The SMILES string of the molecule is COC1CCC(Nc2nc(C)cs2)C1. The Labute approximate surface area is 88.5 Å². The van der Waals surface area contributed by atoms with Crippen LogP contribution in [0.25, 0.3) is 0 Å². The number of hydrogen-bond donors (Lipinski definition) is 1. The minimum absolute atomic E-state index is 0.438. The van der Waals surface area contributed by atoms with Crippen molar-refractivity contribution in [2.75, 3.05) is 12.4 Å². The molecule has 2 rings (SSSR count). The van der Waals surface area contributed by atoms with E-state index in [-0.39, 0.29) is 0 Å². The number of aryl methyl sites for hydroxylation is 1. The molecule has 0 bridgehead atoms. The summed E-state index contributed by atoms with van der Waals surface area (Å²) in [7, 11) is 1.79. The van der Waals surface area contributed by atoms with Gasteiger partial charge in [0.1, 0.15) is 0 Å². The number of nitrogens with zero attached hydrogens (tertiary/aromatic N) is 1. The van der Waals surface area contributed by atoms with Crippen LogP contribution in [-0.4, -0.2) is 24.2 Å². The lowest BCUT2D eigenvalue weighted by Gasteiger charge is -2.11. The number of rotatable bonds is 3. The van der Waals surface area contributed by atoms with E-state index >= 15 is 0 Å². The zero-order valence-electron chi connectivity index (χ0n) is 8.62. The van der Waals surface area contributed by atoms with Gasteiger partial charge in [0.2, 0.25) is 0 Å². The van der Waals surface area contributed by atoms with E-state index in [4.69, 9.17) is 4.74 Å². The highest BCUT2D eigenvalue weighted by molar-refractivity contribution is 7.13. The van der Waals surface area contributed by atoms with E-state index in [1.54, 1.807) is 18.4 Å². The van der Waals surface area contributed by atoms with Crippen LogP contribution in [0.1, 0.15) is 25.0 Å². The first-order chi connectivity index (χ1) is 6.78. The van der Waals surface area contributed by atoms with Gasteiger partial charge in [0, 0.05) is 18.5 Å². The summed E-state index contributed by atoms with van der Waals surface area (Å²) in [6.07, 6.45) is 3.90. The minimum Gasteiger partial charge on any atom is -0.381 e. The Balaban J connectivity index is 1.87. The van der Waals surface area contributed by atoms with Gasteiger partial charge in [0.15, 0.2) is 5.13 Å². The maximum Gasteiger partial charge on any atom is 0.183 e. The second-order valence-corrected chi connectivity index (χ2v) is 4.66. The summed E-state index contributed by atoms with van der Waals surface area (Å²) in [6, 6.07) is 0.547. The van der Waals surface area contributed by atoms with Crippen LogP contribution in [-0.2, 0) is 4.74 Å². The fourth-order valence-electron chi connectivity index (χ4n) is 1.88. The predicted molar refractivity (Wildman–Crippen MR) is 58.9 cm³/mol. The zero-order chi connectivity index (χ0) is 9.97. The Kier molecular flexibility index (Phi) is 3.03. The molecule has 0 amide bonds. The van der Waals surface area contributed by atoms with Gasteiger partial charge in [0.05, 0.1) is 11.8 Å². The molecule has 1 heterocycles. The van der Waals surface area contributed by atoms with Crippen LogP contribution in [0.15, 0.2) is 5.38 Å². The fourth-order valence-corrected chi connectivity index (χ4v) is 2.65. The molecule has 1 aliphatic rings. The standard InChI is InChI=1S/C10H16N2OS/c1-7-6-14-10(11-7)12-8-3-4-9(5-8)13-2/h6,8-9H,3-5H2,1-2H3,(H,11,12). The third-order valence-electron chi connectivity index (χ3n) is 2.66. The number of methoxy groups -OCH3 is 1. The van der Waals surface area contributed by atoms with Gasteiger partial charge in [-0.15, -0.1) is 11.3 Å². The Morgan fingerprint density at radius 3 is 3.00 bits per heavy atom. The molecule has 1 saturated carbocycles. The highest BCUT2D eigenvalue weighted by Crippen LogP contribution is 2.26. The van der Waals surface area contributed by atoms with E-state index in [0.717, 1.165) is 17.2 Å². The number of ether oxygens (including phenoxy) is 1. The smallest absolute Gasteiger partial charge is 0.183 e. The highest BCUT2D eigenvalue weighted by Gasteiger charge is 2.24. The molecule has 1 N–H and O–H groups in total. The normalized spacial score (nSPS) is 26.7. The van der Waals surface area contributed by atoms with Crippen LogP contribution in [0.2, 0.25) is 0 Å². The van der Waals surface area contributed by atoms with E-state index < -0.39 is 0 Å². The lowest BCUT2D eigenvalue weighted by atomic mass is 10.2. The first-order valence-corrected chi connectivity index (χ1v) is 5.87. The molecule has 0 aliphatic heterocycles. The van der Waals surface area contributed by atoms with Crippen molar-refractivity contribution in [3.63, 3.8) is 0 Å². The Hall–Kier alpha value is -0.610. The van der Waals surface area contributed by atoms with E-state index in [1.807, 2.05) is 6.92 Å². The topological polar surface area (TPSA) is 34.1 Å². The molecular formula is C10H16N2OS. The van der Waals surface area contributed by atoms with Crippen molar-refractivity contribution in [1.29, 1.82) is 0 Å². The van der Waals surface area contributed by atoms with Crippen LogP contribution >= 0.6 is 11.3 Å². The van der Waals surface area contributed by atoms with Crippen molar-refractivity contribution in [3.8, 4) is 0 Å². The van der Waals surface area contributed by atoms with Crippen LogP contribution in [0.5, 0.6) is 0 Å². The Bertz CT molecular complexity index is 300. The third-order valence-corrected chi connectivity index (χ3v) is 3.56. The van der Waals surface area contributed by atoms with E-state index in [0.29, 0.717) is 12.1 Å². The molecule has 1 aliphatic carbocycles. The van der Waals surface area contributed by atoms with Gasteiger partial charge >= 0.3 is 0 Å². The van der Waals surface area contributed by atoms with Gasteiger partial charge in [-0.1, -0.05) is 0 Å².